The van der Waals surface area contributed by atoms with Gasteiger partial charge in [0.25, 0.3) is 0 Å². The van der Waals surface area contributed by atoms with Crippen LogP contribution in [0.25, 0.3) is 30.3 Å². The molecule has 7 rings (SSSR count). The molecule has 2 heterocycles. The van der Waals surface area contributed by atoms with E-state index in [1.165, 1.54) is 27.3 Å². The van der Waals surface area contributed by atoms with Gasteiger partial charge in [-0.1, -0.05) is 74.6 Å². The summed E-state index contributed by atoms with van der Waals surface area (Å²) >= 11 is 4.16. The van der Waals surface area contributed by atoms with Gasteiger partial charge in [0.15, 0.2) is 0 Å². The Morgan fingerprint density at radius 3 is 2.48 bits per heavy atom. The lowest BCUT2D eigenvalue weighted by Gasteiger charge is -2.42. The molecule has 2 aromatic heterocycles. The first-order chi connectivity index (χ1) is 15.2. The van der Waals surface area contributed by atoms with Gasteiger partial charge >= 0.3 is 0 Å². The van der Waals surface area contributed by atoms with Crippen molar-refractivity contribution in [2.45, 2.75) is 32.1 Å². The molecule has 4 unspecified atom stereocenters. The number of thiophene rings is 2. The first kappa shape index (κ1) is 18.4. The van der Waals surface area contributed by atoms with Gasteiger partial charge in [0.05, 0.1) is 9.40 Å². The number of rotatable bonds is 1. The molecule has 31 heavy (non-hydrogen) atoms. The third kappa shape index (κ3) is 2.52. The monoisotopic (exact) mass is 438 g/mol. The van der Waals surface area contributed by atoms with Gasteiger partial charge in [0.1, 0.15) is 0 Å². The van der Waals surface area contributed by atoms with Gasteiger partial charge < -0.3 is 0 Å². The minimum atomic E-state index is 0.603. The standard InChI is InChI=1S/C29H26S2/c1-16-8-3-6-11-20(16)26-22-13-7-12-21(22)17(2)25-28(26)31-27-23-14-18-9-4-5-10-19(18)15-24(23)30-29(25)27/h3-11,13-17,20-22,26H,12H2,1-2H3/t16?,17-,20?,21?,22?,26-/m1/s1. The highest BCUT2D eigenvalue weighted by Crippen LogP contribution is 2.61. The van der Waals surface area contributed by atoms with Crippen LogP contribution in [0, 0.1) is 23.7 Å². The highest BCUT2D eigenvalue weighted by atomic mass is 32.1. The average Bonchev–Trinajstić information content (AvgIpc) is 3.48. The Hall–Kier alpha value is -2.16. The fourth-order valence-electron chi connectivity index (χ4n) is 6.61. The minimum absolute atomic E-state index is 0.603. The first-order valence-electron chi connectivity index (χ1n) is 11.6. The Morgan fingerprint density at radius 1 is 0.839 bits per heavy atom. The molecule has 0 nitrogen and oxygen atoms in total. The molecule has 0 saturated carbocycles. The molecule has 3 aliphatic carbocycles. The van der Waals surface area contributed by atoms with Gasteiger partial charge in [-0.25, -0.2) is 0 Å². The molecular weight excluding hydrogens is 412 g/mol. The number of allylic oxidation sites excluding steroid dienone is 6. The van der Waals surface area contributed by atoms with E-state index in [1.807, 2.05) is 11.3 Å². The summed E-state index contributed by atoms with van der Waals surface area (Å²) in [6, 6.07) is 13.7. The summed E-state index contributed by atoms with van der Waals surface area (Å²) in [5.74, 6) is 3.90. The maximum Gasteiger partial charge on any atom is 0.0535 e. The zero-order valence-electron chi connectivity index (χ0n) is 17.9. The van der Waals surface area contributed by atoms with Gasteiger partial charge in [-0.15, -0.1) is 22.7 Å². The van der Waals surface area contributed by atoms with Crippen molar-refractivity contribution < 1.29 is 0 Å². The number of benzene rings is 2. The van der Waals surface area contributed by atoms with Crippen molar-refractivity contribution in [3.05, 3.63) is 83.3 Å². The molecule has 154 valence electrons. The van der Waals surface area contributed by atoms with E-state index >= 15 is 0 Å². The number of hydrogen-bond donors (Lipinski definition) is 0. The molecule has 0 spiro atoms. The van der Waals surface area contributed by atoms with Crippen LogP contribution in [-0.2, 0) is 0 Å². The van der Waals surface area contributed by atoms with Crippen LogP contribution in [0.15, 0.2) is 72.9 Å². The second kappa shape index (κ2) is 6.67. The van der Waals surface area contributed by atoms with E-state index in [0.717, 1.165) is 5.92 Å². The molecule has 0 amide bonds. The van der Waals surface area contributed by atoms with E-state index in [-0.39, 0.29) is 0 Å². The van der Waals surface area contributed by atoms with Gasteiger partial charge in [0.2, 0.25) is 0 Å². The van der Waals surface area contributed by atoms with Gasteiger partial charge in [0, 0.05) is 20.9 Å². The lowest BCUT2D eigenvalue weighted by Crippen LogP contribution is -2.33. The molecule has 0 N–H and O–H groups in total. The van der Waals surface area contributed by atoms with Crippen molar-refractivity contribution in [2.24, 2.45) is 23.7 Å². The Kier molecular flexibility index (Phi) is 3.96. The largest absolute Gasteiger partial charge is 0.138 e. The van der Waals surface area contributed by atoms with Crippen molar-refractivity contribution in [1.29, 1.82) is 0 Å². The van der Waals surface area contributed by atoms with Crippen LogP contribution in [0.3, 0.4) is 0 Å². The molecule has 2 heteroatoms. The molecule has 0 saturated heterocycles. The molecule has 6 atom stereocenters. The number of hydrogen-bond acceptors (Lipinski definition) is 2. The highest BCUT2D eigenvalue weighted by molar-refractivity contribution is 7.33. The van der Waals surface area contributed by atoms with Crippen molar-refractivity contribution in [2.75, 3.05) is 0 Å². The highest BCUT2D eigenvalue weighted by Gasteiger charge is 2.46. The fraction of sp³-hybridized carbons (Fsp3) is 0.310. The normalized spacial score (nSPS) is 31.7. The Balaban J connectivity index is 1.50. The summed E-state index contributed by atoms with van der Waals surface area (Å²) in [7, 11) is 0. The summed E-state index contributed by atoms with van der Waals surface area (Å²) in [5.41, 5.74) is 1.69. The van der Waals surface area contributed by atoms with Crippen LogP contribution in [0.2, 0.25) is 0 Å². The molecule has 2 aromatic carbocycles. The van der Waals surface area contributed by atoms with Crippen LogP contribution in [-0.4, -0.2) is 0 Å². The Morgan fingerprint density at radius 2 is 1.65 bits per heavy atom. The fourth-order valence-corrected chi connectivity index (χ4v) is 9.83. The second-order valence-corrected chi connectivity index (χ2v) is 11.9. The molecule has 4 aromatic rings. The lowest BCUT2D eigenvalue weighted by molar-refractivity contribution is 0.240. The van der Waals surface area contributed by atoms with Crippen LogP contribution >= 0.6 is 22.7 Å². The summed E-state index contributed by atoms with van der Waals surface area (Å²) in [6.07, 6.45) is 15.7. The van der Waals surface area contributed by atoms with E-state index in [0.29, 0.717) is 29.6 Å². The van der Waals surface area contributed by atoms with Gasteiger partial charge in [-0.05, 0) is 64.5 Å². The first-order valence-corrected chi connectivity index (χ1v) is 13.2. The van der Waals surface area contributed by atoms with E-state index in [4.69, 9.17) is 0 Å². The van der Waals surface area contributed by atoms with Crippen LogP contribution in [0.4, 0.5) is 0 Å². The molecule has 3 aliphatic rings. The predicted octanol–water partition coefficient (Wildman–Crippen LogP) is 9.04. The summed E-state index contributed by atoms with van der Waals surface area (Å²) in [5, 5.41) is 4.19. The molecule has 0 fully saturated rings. The maximum atomic E-state index is 2.56. The van der Waals surface area contributed by atoms with Crippen LogP contribution in [0.1, 0.15) is 42.5 Å². The average molecular weight is 439 g/mol. The Labute approximate surface area is 191 Å². The third-order valence-electron chi connectivity index (χ3n) is 8.19. The van der Waals surface area contributed by atoms with E-state index in [2.05, 4.69) is 98.0 Å². The quantitative estimate of drug-likeness (QED) is 0.260. The van der Waals surface area contributed by atoms with Crippen molar-refractivity contribution in [3.63, 3.8) is 0 Å². The zero-order chi connectivity index (χ0) is 20.7. The molecule has 0 bridgehead atoms. The summed E-state index contributed by atoms with van der Waals surface area (Å²) < 4.78 is 4.57. The third-order valence-corrected chi connectivity index (χ3v) is 10.8. The van der Waals surface area contributed by atoms with Crippen LogP contribution in [0.5, 0.6) is 0 Å². The van der Waals surface area contributed by atoms with E-state index in [9.17, 15) is 0 Å². The zero-order valence-corrected chi connectivity index (χ0v) is 19.5. The smallest absolute Gasteiger partial charge is 0.0535 e. The van der Waals surface area contributed by atoms with E-state index in [1.54, 1.807) is 19.8 Å². The topological polar surface area (TPSA) is 0 Å². The summed E-state index contributed by atoms with van der Waals surface area (Å²) in [4.78, 5) is 1.69. The van der Waals surface area contributed by atoms with Crippen LogP contribution < -0.4 is 0 Å². The van der Waals surface area contributed by atoms with Gasteiger partial charge in [-0.3, -0.25) is 0 Å². The lowest BCUT2D eigenvalue weighted by atomic mass is 9.62. The number of fused-ring (bicyclic) bond motifs is 7. The molecule has 0 radical (unpaired) electrons. The molecule has 0 aliphatic heterocycles. The van der Waals surface area contributed by atoms with Crippen molar-refractivity contribution in [1.82, 2.24) is 0 Å². The van der Waals surface area contributed by atoms with Crippen molar-refractivity contribution in [3.8, 4) is 0 Å². The maximum absolute atomic E-state index is 2.56. The molecular formula is C29H26S2. The van der Waals surface area contributed by atoms with E-state index < -0.39 is 0 Å². The Bertz CT molecular complexity index is 1430. The SMILES string of the molecule is CC1C=CC=CC1[C@H]1c2sc3c(sc4cc5ccccc5cc43)c2[C@H](C)C2CC=CC21. The predicted molar refractivity (Wildman–Crippen MR) is 138 cm³/mol. The van der Waals surface area contributed by atoms with Crippen molar-refractivity contribution >= 4 is 52.9 Å². The van der Waals surface area contributed by atoms with Gasteiger partial charge in [-0.2, -0.15) is 0 Å². The second-order valence-electron chi connectivity index (χ2n) is 9.76. The summed E-state index contributed by atoms with van der Waals surface area (Å²) in [6.45, 7) is 4.92. The minimum Gasteiger partial charge on any atom is -0.138 e.